The van der Waals surface area contributed by atoms with Crippen molar-refractivity contribution in [3.8, 4) is 0 Å². The number of carbonyl (C=O) groups excluding carboxylic acids is 2. The second-order valence-electron chi connectivity index (χ2n) is 8.36. The van der Waals surface area contributed by atoms with Gasteiger partial charge in [0, 0.05) is 35.0 Å². The molecule has 2 amide bonds. The summed E-state index contributed by atoms with van der Waals surface area (Å²) >= 11 is 0. The standard InChI is InChI=1S/C25H25N3O3/c1-15-4-2-5-19-20(14-21(16-7-8-16)28-23(15)19)24(29)26-17-9-11-18(12-10-17)27-25(30)22-6-3-13-31-22/h2,4-5,9-12,14,16,22H,3,6-8,13H2,1H3,(H,26,29)(H,27,30)/t22-/m1/s1. The first-order chi connectivity index (χ1) is 15.1. The van der Waals surface area contributed by atoms with Crippen LogP contribution in [0.25, 0.3) is 10.9 Å². The number of nitrogens with one attached hydrogen (secondary N) is 2. The average Bonchev–Trinajstić information content (AvgIpc) is 3.48. The minimum absolute atomic E-state index is 0.125. The van der Waals surface area contributed by atoms with Crippen molar-refractivity contribution in [1.82, 2.24) is 4.98 Å². The minimum Gasteiger partial charge on any atom is -0.368 e. The number of anilines is 2. The number of ether oxygens (including phenoxy) is 1. The molecule has 0 bridgehead atoms. The zero-order valence-corrected chi connectivity index (χ0v) is 17.5. The van der Waals surface area contributed by atoms with Crippen LogP contribution in [0.15, 0.2) is 48.5 Å². The molecular formula is C25H25N3O3. The predicted molar refractivity (Wildman–Crippen MR) is 120 cm³/mol. The number of amides is 2. The molecule has 2 fully saturated rings. The van der Waals surface area contributed by atoms with E-state index in [9.17, 15) is 9.59 Å². The molecule has 1 saturated heterocycles. The van der Waals surface area contributed by atoms with Gasteiger partial charge in [0.1, 0.15) is 6.10 Å². The van der Waals surface area contributed by atoms with E-state index in [1.807, 2.05) is 31.2 Å². The minimum atomic E-state index is -0.372. The first-order valence-corrected chi connectivity index (χ1v) is 10.8. The number of hydrogen-bond donors (Lipinski definition) is 2. The molecule has 31 heavy (non-hydrogen) atoms. The van der Waals surface area contributed by atoms with Crippen molar-refractivity contribution in [2.24, 2.45) is 0 Å². The number of pyridine rings is 1. The van der Waals surface area contributed by atoms with E-state index in [0.717, 1.165) is 47.8 Å². The van der Waals surface area contributed by atoms with E-state index in [-0.39, 0.29) is 17.9 Å². The van der Waals surface area contributed by atoms with E-state index in [1.54, 1.807) is 24.3 Å². The van der Waals surface area contributed by atoms with Crippen LogP contribution >= 0.6 is 0 Å². The summed E-state index contributed by atoms with van der Waals surface area (Å²) in [6.45, 7) is 2.66. The number of aromatic nitrogens is 1. The van der Waals surface area contributed by atoms with Crippen molar-refractivity contribution >= 4 is 34.1 Å². The summed E-state index contributed by atoms with van der Waals surface area (Å²) in [5.74, 6) is 0.179. The molecule has 5 rings (SSSR count). The van der Waals surface area contributed by atoms with Crippen molar-refractivity contribution in [3.05, 3.63) is 65.4 Å². The lowest BCUT2D eigenvalue weighted by Gasteiger charge is -2.13. The average molecular weight is 415 g/mol. The molecule has 0 spiro atoms. The maximum absolute atomic E-state index is 13.1. The summed E-state index contributed by atoms with van der Waals surface area (Å²) in [7, 11) is 0. The SMILES string of the molecule is Cc1cccc2c(C(=O)Nc3ccc(NC(=O)[C@H]4CCCO4)cc3)cc(C3CC3)nc12. The van der Waals surface area contributed by atoms with Crippen molar-refractivity contribution in [2.45, 2.75) is 44.6 Å². The number of nitrogens with zero attached hydrogens (tertiary/aromatic N) is 1. The Labute approximate surface area is 181 Å². The van der Waals surface area contributed by atoms with Gasteiger partial charge in [-0.15, -0.1) is 0 Å². The Kier molecular flexibility index (Phi) is 5.16. The third-order valence-corrected chi connectivity index (χ3v) is 5.93. The summed E-state index contributed by atoms with van der Waals surface area (Å²) in [5, 5.41) is 6.72. The number of benzene rings is 2. The third kappa shape index (κ3) is 4.16. The van der Waals surface area contributed by atoms with Crippen LogP contribution < -0.4 is 10.6 Å². The monoisotopic (exact) mass is 415 g/mol. The van der Waals surface area contributed by atoms with E-state index < -0.39 is 0 Å². The summed E-state index contributed by atoms with van der Waals surface area (Å²) in [6.07, 6.45) is 3.55. The number of aryl methyl sites for hydroxylation is 1. The Balaban J connectivity index is 1.35. The fraction of sp³-hybridized carbons (Fsp3) is 0.320. The molecule has 0 unspecified atom stereocenters. The van der Waals surface area contributed by atoms with Crippen LogP contribution in [0.3, 0.4) is 0 Å². The van der Waals surface area contributed by atoms with Crippen LogP contribution in [0.1, 0.15) is 53.2 Å². The molecule has 2 aromatic carbocycles. The number of rotatable bonds is 5. The van der Waals surface area contributed by atoms with Gasteiger partial charge in [0.05, 0.1) is 11.1 Å². The number of carbonyl (C=O) groups is 2. The van der Waals surface area contributed by atoms with E-state index in [1.165, 1.54) is 0 Å². The number of hydrogen-bond acceptors (Lipinski definition) is 4. The third-order valence-electron chi connectivity index (χ3n) is 5.93. The summed E-state index contributed by atoms with van der Waals surface area (Å²) in [4.78, 5) is 30.2. The fourth-order valence-electron chi connectivity index (χ4n) is 4.03. The second kappa shape index (κ2) is 8.12. The summed E-state index contributed by atoms with van der Waals surface area (Å²) < 4.78 is 5.41. The molecule has 3 aromatic rings. The van der Waals surface area contributed by atoms with E-state index in [2.05, 4.69) is 10.6 Å². The van der Waals surface area contributed by atoms with Crippen molar-refractivity contribution in [2.75, 3.05) is 17.2 Å². The van der Waals surface area contributed by atoms with Gasteiger partial charge in [-0.2, -0.15) is 0 Å². The van der Waals surface area contributed by atoms with Gasteiger partial charge in [-0.3, -0.25) is 14.6 Å². The number of fused-ring (bicyclic) bond motifs is 1. The zero-order chi connectivity index (χ0) is 21.4. The normalized spacial score (nSPS) is 18.2. The zero-order valence-electron chi connectivity index (χ0n) is 17.5. The van der Waals surface area contributed by atoms with Gasteiger partial charge in [-0.1, -0.05) is 18.2 Å². The Morgan fingerprint density at radius 1 is 1.00 bits per heavy atom. The highest BCUT2D eigenvalue weighted by atomic mass is 16.5. The van der Waals surface area contributed by atoms with Gasteiger partial charge in [0.2, 0.25) is 0 Å². The lowest BCUT2D eigenvalue weighted by Crippen LogP contribution is -2.26. The van der Waals surface area contributed by atoms with E-state index in [0.29, 0.717) is 29.5 Å². The molecule has 0 radical (unpaired) electrons. The molecule has 2 heterocycles. The molecule has 158 valence electrons. The van der Waals surface area contributed by atoms with Crippen molar-refractivity contribution < 1.29 is 14.3 Å². The van der Waals surface area contributed by atoms with E-state index >= 15 is 0 Å². The van der Waals surface area contributed by atoms with Crippen LogP contribution in [0.5, 0.6) is 0 Å². The molecular weight excluding hydrogens is 390 g/mol. The van der Waals surface area contributed by atoms with Crippen LogP contribution in [0.2, 0.25) is 0 Å². The molecule has 1 aromatic heterocycles. The lowest BCUT2D eigenvalue weighted by molar-refractivity contribution is -0.124. The smallest absolute Gasteiger partial charge is 0.256 e. The van der Waals surface area contributed by atoms with Gasteiger partial charge in [0.25, 0.3) is 11.8 Å². The van der Waals surface area contributed by atoms with Crippen LogP contribution in [0.4, 0.5) is 11.4 Å². The maximum atomic E-state index is 13.1. The lowest BCUT2D eigenvalue weighted by atomic mass is 10.0. The Bertz CT molecular complexity index is 1150. The second-order valence-corrected chi connectivity index (χ2v) is 8.36. The van der Waals surface area contributed by atoms with Gasteiger partial charge in [-0.05, 0) is 68.5 Å². The van der Waals surface area contributed by atoms with E-state index in [4.69, 9.17) is 9.72 Å². The first-order valence-electron chi connectivity index (χ1n) is 10.8. The van der Waals surface area contributed by atoms with Gasteiger partial charge < -0.3 is 15.4 Å². The molecule has 1 aliphatic heterocycles. The predicted octanol–water partition coefficient (Wildman–Crippen LogP) is 4.79. The largest absolute Gasteiger partial charge is 0.368 e. The van der Waals surface area contributed by atoms with Crippen molar-refractivity contribution in [1.29, 1.82) is 0 Å². The van der Waals surface area contributed by atoms with Crippen LogP contribution in [-0.2, 0) is 9.53 Å². The summed E-state index contributed by atoms with van der Waals surface area (Å²) in [6, 6.07) is 15.0. The molecule has 1 aliphatic carbocycles. The van der Waals surface area contributed by atoms with Crippen LogP contribution in [0, 0.1) is 6.92 Å². The summed E-state index contributed by atoms with van der Waals surface area (Å²) in [5.41, 5.74) is 4.96. The molecule has 1 atom stereocenters. The Hall–Kier alpha value is -3.25. The molecule has 1 saturated carbocycles. The Morgan fingerprint density at radius 3 is 2.42 bits per heavy atom. The van der Waals surface area contributed by atoms with Crippen molar-refractivity contribution in [3.63, 3.8) is 0 Å². The highest BCUT2D eigenvalue weighted by molar-refractivity contribution is 6.13. The van der Waals surface area contributed by atoms with Gasteiger partial charge in [0.15, 0.2) is 0 Å². The topological polar surface area (TPSA) is 80.3 Å². The first kappa shape index (κ1) is 19.7. The Morgan fingerprint density at radius 2 is 1.74 bits per heavy atom. The molecule has 2 aliphatic rings. The van der Waals surface area contributed by atoms with Gasteiger partial charge in [-0.25, -0.2) is 0 Å². The quantitative estimate of drug-likeness (QED) is 0.628. The van der Waals surface area contributed by atoms with Crippen LogP contribution in [-0.4, -0.2) is 29.5 Å². The number of para-hydroxylation sites is 1. The highest BCUT2D eigenvalue weighted by Crippen LogP contribution is 2.40. The van der Waals surface area contributed by atoms with Gasteiger partial charge >= 0.3 is 0 Å². The molecule has 6 nitrogen and oxygen atoms in total. The maximum Gasteiger partial charge on any atom is 0.256 e. The molecule has 6 heteroatoms. The molecule has 2 N–H and O–H groups in total. The highest BCUT2D eigenvalue weighted by Gasteiger charge is 2.27. The fourth-order valence-corrected chi connectivity index (χ4v) is 4.03.